The maximum atomic E-state index is 11.8. The number of hydrogen-bond donors (Lipinski definition) is 2. The van der Waals surface area contributed by atoms with Crippen LogP contribution in [0.1, 0.15) is 10.4 Å². The Bertz CT molecular complexity index is 547. The number of nitrogens with one attached hydrogen (secondary N) is 2. The van der Waals surface area contributed by atoms with Crippen LogP contribution in [0, 0.1) is 0 Å². The second-order valence-electron chi connectivity index (χ2n) is 3.89. The van der Waals surface area contributed by atoms with Crippen molar-refractivity contribution >= 4 is 11.6 Å². The molecule has 2 N–H and O–H groups in total. The molecular weight excluding hydrogens is 216 g/mol. The molecular formula is C13H12N2O2. The molecule has 1 aliphatic heterocycles. The average Bonchev–Trinajstić information content (AvgIpc) is 2.81. The average molecular weight is 228 g/mol. The van der Waals surface area contributed by atoms with Crippen molar-refractivity contribution in [3.05, 3.63) is 42.2 Å². The van der Waals surface area contributed by atoms with Gasteiger partial charge in [-0.1, -0.05) is 6.07 Å². The molecule has 1 amide bonds. The number of anilines is 1. The highest BCUT2D eigenvalue weighted by atomic mass is 16.3. The zero-order valence-corrected chi connectivity index (χ0v) is 9.19. The quantitative estimate of drug-likeness (QED) is 0.786. The van der Waals surface area contributed by atoms with Gasteiger partial charge in [0.05, 0.1) is 17.5 Å². The Morgan fingerprint density at radius 1 is 1.00 bits per heavy atom. The molecule has 2 aromatic rings. The summed E-state index contributed by atoms with van der Waals surface area (Å²) in [5, 5.41) is 6.11. The summed E-state index contributed by atoms with van der Waals surface area (Å²) in [6, 6.07) is 9.35. The molecule has 0 aliphatic carbocycles. The molecule has 4 heteroatoms. The lowest BCUT2D eigenvalue weighted by Crippen LogP contribution is -2.24. The molecule has 0 saturated carbocycles. The van der Waals surface area contributed by atoms with Gasteiger partial charge in [-0.05, 0) is 24.3 Å². The Kier molecular flexibility index (Phi) is 2.33. The number of rotatable bonds is 1. The number of fused-ring (bicyclic) bond motifs is 1. The Morgan fingerprint density at radius 2 is 1.82 bits per heavy atom. The van der Waals surface area contributed by atoms with Crippen molar-refractivity contribution in [2.75, 3.05) is 18.4 Å². The summed E-state index contributed by atoms with van der Waals surface area (Å²) < 4.78 is 5.39. The van der Waals surface area contributed by atoms with Gasteiger partial charge in [0.25, 0.3) is 5.91 Å². The molecule has 0 atom stereocenters. The summed E-state index contributed by atoms with van der Waals surface area (Å²) in [4.78, 5) is 11.8. The summed E-state index contributed by atoms with van der Waals surface area (Å²) >= 11 is 0. The van der Waals surface area contributed by atoms with Crippen LogP contribution in [0.2, 0.25) is 0 Å². The van der Waals surface area contributed by atoms with Crippen molar-refractivity contribution in [2.24, 2.45) is 0 Å². The molecule has 1 aromatic heterocycles. The Morgan fingerprint density at radius 3 is 2.65 bits per heavy atom. The Balaban J connectivity index is 2.18. The first-order valence-corrected chi connectivity index (χ1v) is 5.55. The third-order valence-electron chi connectivity index (χ3n) is 2.81. The molecule has 86 valence electrons. The van der Waals surface area contributed by atoms with Gasteiger partial charge in [-0.2, -0.15) is 0 Å². The Labute approximate surface area is 98.6 Å². The number of carbonyl (C=O) groups excluding carboxylic acids is 1. The van der Waals surface area contributed by atoms with E-state index in [4.69, 9.17) is 4.42 Å². The van der Waals surface area contributed by atoms with Gasteiger partial charge < -0.3 is 15.1 Å². The van der Waals surface area contributed by atoms with Crippen molar-refractivity contribution in [3.8, 4) is 11.3 Å². The van der Waals surface area contributed by atoms with E-state index in [0.29, 0.717) is 12.1 Å². The molecule has 3 rings (SSSR count). The van der Waals surface area contributed by atoms with Gasteiger partial charge >= 0.3 is 0 Å². The van der Waals surface area contributed by atoms with Crippen LogP contribution in [-0.4, -0.2) is 19.0 Å². The van der Waals surface area contributed by atoms with Gasteiger partial charge in [0.1, 0.15) is 5.76 Å². The van der Waals surface area contributed by atoms with E-state index in [2.05, 4.69) is 10.6 Å². The van der Waals surface area contributed by atoms with Gasteiger partial charge in [-0.15, -0.1) is 0 Å². The number of benzene rings is 1. The van der Waals surface area contributed by atoms with E-state index >= 15 is 0 Å². The molecule has 0 saturated heterocycles. The van der Waals surface area contributed by atoms with Gasteiger partial charge in [-0.3, -0.25) is 4.79 Å². The first-order valence-electron chi connectivity index (χ1n) is 5.55. The van der Waals surface area contributed by atoms with Crippen LogP contribution in [0.3, 0.4) is 0 Å². The van der Waals surface area contributed by atoms with Crippen molar-refractivity contribution in [1.29, 1.82) is 0 Å². The minimum absolute atomic E-state index is 0.0431. The highest BCUT2D eigenvalue weighted by Crippen LogP contribution is 2.31. The Hall–Kier alpha value is -2.23. The van der Waals surface area contributed by atoms with Crippen molar-refractivity contribution in [3.63, 3.8) is 0 Å². The minimum Gasteiger partial charge on any atom is -0.464 e. The van der Waals surface area contributed by atoms with Crippen LogP contribution >= 0.6 is 0 Å². The number of para-hydroxylation sites is 1. The van der Waals surface area contributed by atoms with E-state index < -0.39 is 0 Å². The highest BCUT2D eigenvalue weighted by Gasteiger charge is 2.18. The maximum Gasteiger partial charge on any atom is 0.253 e. The molecule has 0 fully saturated rings. The van der Waals surface area contributed by atoms with Crippen molar-refractivity contribution < 1.29 is 9.21 Å². The van der Waals surface area contributed by atoms with Crippen LogP contribution in [0.15, 0.2) is 41.0 Å². The highest BCUT2D eigenvalue weighted by molar-refractivity contribution is 6.03. The monoisotopic (exact) mass is 228 g/mol. The van der Waals surface area contributed by atoms with E-state index in [1.54, 1.807) is 6.26 Å². The first kappa shape index (κ1) is 9.96. The van der Waals surface area contributed by atoms with E-state index in [0.717, 1.165) is 23.6 Å². The van der Waals surface area contributed by atoms with Crippen LogP contribution < -0.4 is 10.6 Å². The normalized spacial score (nSPS) is 14.5. The molecule has 17 heavy (non-hydrogen) atoms. The molecule has 0 spiro atoms. The first-order chi connectivity index (χ1) is 8.36. The predicted molar refractivity (Wildman–Crippen MR) is 65.0 cm³/mol. The molecule has 4 nitrogen and oxygen atoms in total. The molecule has 2 heterocycles. The van der Waals surface area contributed by atoms with Crippen LogP contribution in [0.4, 0.5) is 5.69 Å². The standard InChI is InChI=1S/C13H12N2O2/c16-13-10-4-1-3-9(11-5-2-8-17-11)12(10)14-6-7-15-13/h1-5,8,14H,6-7H2,(H,15,16). The van der Waals surface area contributed by atoms with E-state index in [1.807, 2.05) is 30.3 Å². The zero-order valence-electron chi connectivity index (χ0n) is 9.19. The summed E-state index contributed by atoms with van der Waals surface area (Å²) in [6.45, 7) is 1.35. The molecule has 1 aliphatic rings. The third kappa shape index (κ3) is 1.67. The lowest BCUT2D eigenvalue weighted by atomic mass is 10.0. The summed E-state index contributed by atoms with van der Waals surface area (Å²) in [5.41, 5.74) is 2.43. The summed E-state index contributed by atoms with van der Waals surface area (Å²) in [7, 11) is 0. The third-order valence-corrected chi connectivity index (χ3v) is 2.81. The fourth-order valence-electron chi connectivity index (χ4n) is 2.03. The molecule has 1 aromatic carbocycles. The smallest absolute Gasteiger partial charge is 0.253 e. The number of hydrogen-bond acceptors (Lipinski definition) is 3. The second-order valence-corrected chi connectivity index (χ2v) is 3.89. The summed E-state index contributed by atoms with van der Waals surface area (Å²) in [5.74, 6) is 0.724. The molecule has 0 radical (unpaired) electrons. The van der Waals surface area contributed by atoms with E-state index in [1.165, 1.54) is 0 Å². The fraction of sp³-hybridized carbons (Fsp3) is 0.154. The minimum atomic E-state index is -0.0431. The van der Waals surface area contributed by atoms with Gasteiger partial charge in [-0.25, -0.2) is 0 Å². The zero-order chi connectivity index (χ0) is 11.7. The number of furan rings is 1. The predicted octanol–water partition coefficient (Wildman–Crippen LogP) is 2.10. The van der Waals surface area contributed by atoms with Crippen LogP contribution in [0.25, 0.3) is 11.3 Å². The molecule has 0 unspecified atom stereocenters. The van der Waals surface area contributed by atoms with E-state index in [-0.39, 0.29) is 5.91 Å². The lowest BCUT2D eigenvalue weighted by Gasteiger charge is -2.10. The summed E-state index contributed by atoms with van der Waals surface area (Å²) in [6.07, 6.45) is 1.63. The largest absolute Gasteiger partial charge is 0.464 e. The van der Waals surface area contributed by atoms with Gasteiger partial charge in [0.15, 0.2) is 0 Å². The van der Waals surface area contributed by atoms with Gasteiger partial charge in [0, 0.05) is 18.7 Å². The van der Waals surface area contributed by atoms with Crippen molar-refractivity contribution in [1.82, 2.24) is 5.32 Å². The number of amides is 1. The fourth-order valence-corrected chi connectivity index (χ4v) is 2.03. The second kappa shape index (κ2) is 3.97. The topological polar surface area (TPSA) is 54.3 Å². The molecule has 0 bridgehead atoms. The van der Waals surface area contributed by atoms with Crippen LogP contribution in [0.5, 0.6) is 0 Å². The maximum absolute atomic E-state index is 11.8. The number of carbonyl (C=O) groups is 1. The SMILES string of the molecule is O=C1NCCNc2c1cccc2-c1ccco1. The van der Waals surface area contributed by atoms with Crippen LogP contribution in [-0.2, 0) is 0 Å². The van der Waals surface area contributed by atoms with Crippen molar-refractivity contribution in [2.45, 2.75) is 0 Å². The van der Waals surface area contributed by atoms with Gasteiger partial charge in [0.2, 0.25) is 0 Å². The lowest BCUT2D eigenvalue weighted by molar-refractivity contribution is 0.0958. The van der Waals surface area contributed by atoms with E-state index in [9.17, 15) is 4.79 Å².